The van der Waals surface area contributed by atoms with E-state index in [0.717, 1.165) is 0 Å². The van der Waals surface area contributed by atoms with Crippen LogP contribution in [0.25, 0.3) is 0 Å². The first kappa shape index (κ1) is 14.6. The average Bonchev–Trinajstić information content (AvgIpc) is 2.54. The van der Waals surface area contributed by atoms with Crippen LogP contribution in [0.5, 0.6) is 11.5 Å². The number of hydrogen-bond acceptors (Lipinski definition) is 5. The Morgan fingerprint density at radius 2 is 1.81 bits per heavy atom. The molecule has 1 amide bonds. The van der Waals surface area contributed by atoms with Crippen molar-refractivity contribution in [1.29, 1.82) is 0 Å². The summed E-state index contributed by atoms with van der Waals surface area (Å²) in [6.07, 6.45) is 1.62. The Bertz CT molecular complexity index is 622. The van der Waals surface area contributed by atoms with Gasteiger partial charge in [-0.2, -0.15) is 0 Å². The van der Waals surface area contributed by atoms with Crippen LogP contribution in [0.3, 0.4) is 0 Å². The predicted octanol–water partition coefficient (Wildman–Crippen LogP) is 2.39. The highest BCUT2D eigenvalue weighted by atomic mass is 16.5. The van der Waals surface area contributed by atoms with Crippen LogP contribution in [-0.4, -0.2) is 32.2 Å². The van der Waals surface area contributed by atoms with Crippen LogP contribution in [0, 0.1) is 0 Å². The molecule has 0 saturated heterocycles. The number of pyridine rings is 1. The van der Waals surface area contributed by atoms with E-state index in [1.54, 1.807) is 57.8 Å². The van der Waals surface area contributed by atoms with Gasteiger partial charge in [-0.3, -0.25) is 4.79 Å². The molecule has 2 aromatic rings. The van der Waals surface area contributed by atoms with Crippen LogP contribution >= 0.6 is 0 Å². The van der Waals surface area contributed by atoms with Crippen molar-refractivity contribution < 1.29 is 14.3 Å². The number of methoxy groups -OCH3 is 2. The highest BCUT2D eigenvalue weighted by Gasteiger charge is 2.12. The fourth-order valence-corrected chi connectivity index (χ4v) is 1.87. The van der Waals surface area contributed by atoms with E-state index in [1.165, 1.54) is 0 Å². The highest BCUT2D eigenvalue weighted by Crippen LogP contribution is 2.26. The first-order valence-corrected chi connectivity index (χ1v) is 6.35. The van der Waals surface area contributed by atoms with Crippen molar-refractivity contribution in [3.05, 3.63) is 42.1 Å². The summed E-state index contributed by atoms with van der Waals surface area (Å²) in [5, 5.41) is 5.69. The minimum Gasteiger partial charge on any atom is -0.497 e. The Kier molecular flexibility index (Phi) is 4.61. The van der Waals surface area contributed by atoms with Gasteiger partial charge in [-0.05, 0) is 12.1 Å². The zero-order chi connectivity index (χ0) is 15.2. The predicted molar refractivity (Wildman–Crippen MR) is 81.3 cm³/mol. The molecule has 1 aromatic carbocycles. The Labute approximate surface area is 123 Å². The Morgan fingerprint density at radius 1 is 1.14 bits per heavy atom. The molecule has 2 N–H and O–H groups in total. The molecule has 0 aliphatic rings. The van der Waals surface area contributed by atoms with Gasteiger partial charge in [0, 0.05) is 37.1 Å². The van der Waals surface area contributed by atoms with Gasteiger partial charge in [-0.15, -0.1) is 0 Å². The van der Waals surface area contributed by atoms with Crippen molar-refractivity contribution in [1.82, 2.24) is 4.98 Å². The number of rotatable bonds is 5. The molecule has 6 nitrogen and oxygen atoms in total. The number of anilines is 2. The monoisotopic (exact) mass is 287 g/mol. The zero-order valence-electron chi connectivity index (χ0n) is 12.1. The number of ether oxygens (including phenoxy) is 2. The Hall–Kier alpha value is -2.76. The molecule has 1 aromatic heterocycles. The van der Waals surface area contributed by atoms with Crippen LogP contribution < -0.4 is 20.1 Å². The lowest BCUT2D eigenvalue weighted by molar-refractivity contribution is 0.102. The van der Waals surface area contributed by atoms with E-state index in [4.69, 9.17) is 9.47 Å². The van der Waals surface area contributed by atoms with Crippen LogP contribution in [0.4, 0.5) is 11.5 Å². The second-order valence-electron chi connectivity index (χ2n) is 4.21. The summed E-state index contributed by atoms with van der Waals surface area (Å²) >= 11 is 0. The number of amides is 1. The van der Waals surface area contributed by atoms with Crippen LogP contribution in [0.1, 0.15) is 10.4 Å². The number of carbonyl (C=O) groups is 1. The molecule has 0 radical (unpaired) electrons. The fraction of sp³-hybridized carbons (Fsp3) is 0.200. The lowest BCUT2D eigenvalue weighted by Gasteiger charge is -2.11. The SMILES string of the molecule is CNc1ncccc1C(=O)Nc1cc(OC)cc(OC)c1. The molecule has 6 heteroatoms. The maximum absolute atomic E-state index is 12.3. The fourth-order valence-electron chi connectivity index (χ4n) is 1.87. The van der Waals surface area contributed by atoms with E-state index in [9.17, 15) is 4.79 Å². The lowest BCUT2D eigenvalue weighted by Crippen LogP contribution is -2.14. The number of carbonyl (C=O) groups excluding carboxylic acids is 1. The smallest absolute Gasteiger partial charge is 0.259 e. The molecule has 1 heterocycles. The molecule has 0 spiro atoms. The molecular formula is C15H17N3O3. The van der Waals surface area contributed by atoms with E-state index in [2.05, 4.69) is 15.6 Å². The zero-order valence-corrected chi connectivity index (χ0v) is 12.1. The minimum atomic E-state index is -0.261. The van der Waals surface area contributed by atoms with Crippen LogP contribution in [0.15, 0.2) is 36.5 Å². The van der Waals surface area contributed by atoms with Crippen molar-refractivity contribution >= 4 is 17.4 Å². The molecular weight excluding hydrogens is 270 g/mol. The molecule has 0 atom stereocenters. The van der Waals surface area contributed by atoms with E-state index >= 15 is 0 Å². The van der Waals surface area contributed by atoms with E-state index < -0.39 is 0 Å². The van der Waals surface area contributed by atoms with Crippen molar-refractivity contribution in [2.75, 3.05) is 31.9 Å². The largest absolute Gasteiger partial charge is 0.497 e. The molecule has 21 heavy (non-hydrogen) atoms. The van der Waals surface area contributed by atoms with Gasteiger partial charge in [0.1, 0.15) is 17.3 Å². The lowest BCUT2D eigenvalue weighted by atomic mass is 10.2. The Balaban J connectivity index is 2.27. The van der Waals surface area contributed by atoms with Gasteiger partial charge in [0.2, 0.25) is 0 Å². The molecule has 0 unspecified atom stereocenters. The van der Waals surface area contributed by atoms with Gasteiger partial charge in [-0.1, -0.05) is 0 Å². The molecule has 0 fully saturated rings. The topological polar surface area (TPSA) is 72.5 Å². The van der Waals surface area contributed by atoms with Gasteiger partial charge < -0.3 is 20.1 Å². The minimum absolute atomic E-state index is 0.261. The third-order valence-corrected chi connectivity index (χ3v) is 2.90. The van der Waals surface area contributed by atoms with Gasteiger partial charge in [0.25, 0.3) is 5.91 Å². The summed E-state index contributed by atoms with van der Waals surface area (Å²) in [6, 6.07) is 8.58. The number of nitrogens with one attached hydrogen (secondary N) is 2. The summed E-state index contributed by atoms with van der Waals surface area (Å²) < 4.78 is 10.3. The van der Waals surface area contributed by atoms with Crippen LogP contribution in [0.2, 0.25) is 0 Å². The summed E-state index contributed by atoms with van der Waals surface area (Å²) in [5.74, 6) is 1.46. The summed E-state index contributed by atoms with van der Waals surface area (Å²) in [5.41, 5.74) is 1.05. The maximum Gasteiger partial charge on any atom is 0.259 e. The van der Waals surface area contributed by atoms with Gasteiger partial charge >= 0.3 is 0 Å². The second kappa shape index (κ2) is 6.60. The summed E-state index contributed by atoms with van der Waals surface area (Å²) in [6.45, 7) is 0. The number of benzene rings is 1. The van der Waals surface area contributed by atoms with Crippen molar-refractivity contribution in [2.24, 2.45) is 0 Å². The van der Waals surface area contributed by atoms with E-state index in [-0.39, 0.29) is 5.91 Å². The molecule has 0 aliphatic heterocycles. The van der Waals surface area contributed by atoms with Crippen molar-refractivity contribution in [2.45, 2.75) is 0 Å². The molecule has 0 aliphatic carbocycles. The third kappa shape index (κ3) is 3.42. The normalized spacial score (nSPS) is 9.86. The van der Waals surface area contributed by atoms with Crippen molar-refractivity contribution in [3.8, 4) is 11.5 Å². The molecule has 110 valence electrons. The standard InChI is InChI=1S/C15H17N3O3/c1-16-14-13(5-4-6-17-14)15(19)18-10-7-11(20-2)9-12(8-10)21-3/h4-9H,1-3H3,(H,16,17)(H,18,19). The molecule has 2 rings (SSSR count). The number of hydrogen-bond donors (Lipinski definition) is 2. The number of nitrogens with zero attached hydrogens (tertiary/aromatic N) is 1. The molecule has 0 bridgehead atoms. The van der Waals surface area contributed by atoms with Gasteiger partial charge in [0.05, 0.1) is 19.8 Å². The van der Waals surface area contributed by atoms with Gasteiger partial charge in [-0.25, -0.2) is 4.98 Å². The Morgan fingerprint density at radius 3 is 2.38 bits per heavy atom. The number of aromatic nitrogens is 1. The van der Waals surface area contributed by atoms with Crippen LogP contribution in [-0.2, 0) is 0 Å². The highest BCUT2D eigenvalue weighted by molar-refractivity contribution is 6.07. The summed E-state index contributed by atoms with van der Waals surface area (Å²) in [7, 11) is 4.83. The van der Waals surface area contributed by atoms with Gasteiger partial charge in [0.15, 0.2) is 0 Å². The van der Waals surface area contributed by atoms with Crippen molar-refractivity contribution in [3.63, 3.8) is 0 Å². The maximum atomic E-state index is 12.3. The third-order valence-electron chi connectivity index (χ3n) is 2.90. The first-order chi connectivity index (χ1) is 10.2. The first-order valence-electron chi connectivity index (χ1n) is 6.35. The second-order valence-corrected chi connectivity index (χ2v) is 4.21. The van der Waals surface area contributed by atoms with E-state index in [0.29, 0.717) is 28.6 Å². The summed E-state index contributed by atoms with van der Waals surface area (Å²) in [4.78, 5) is 16.4. The van der Waals surface area contributed by atoms with E-state index in [1.807, 2.05) is 0 Å². The average molecular weight is 287 g/mol. The molecule has 0 saturated carbocycles. The quantitative estimate of drug-likeness (QED) is 0.883.